The summed E-state index contributed by atoms with van der Waals surface area (Å²) < 4.78 is 5.58. The molecule has 2 aliphatic rings. The standard InChI is InChI=1S/C13H21NO4/c1-13(2)8-14(5-6-18-13)11(15)9-3-4-10(7-9)12(16)17/h9-10H,3-8H2,1-2H3,(H,16,17). The number of morpholine rings is 1. The fourth-order valence-corrected chi connectivity index (χ4v) is 2.89. The van der Waals surface area contributed by atoms with Crippen molar-refractivity contribution in [3.05, 3.63) is 0 Å². The lowest BCUT2D eigenvalue weighted by atomic mass is 10.0. The van der Waals surface area contributed by atoms with Crippen LogP contribution in [0.15, 0.2) is 0 Å². The van der Waals surface area contributed by atoms with E-state index in [9.17, 15) is 9.59 Å². The third kappa shape index (κ3) is 2.83. The largest absolute Gasteiger partial charge is 0.481 e. The van der Waals surface area contributed by atoms with Crippen LogP contribution in [0.25, 0.3) is 0 Å². The fraction of sp³-hybridized carbons (Fsp3) is 0.846. The fourth-order valence-electron chi connectivity index (χ4n) is 2.89. The van der Waals surface area contributed by atoms with Gasteiger partial charge in [-0.1, -0.05) is 0 Å². The van der Waals surface area contributed by atoms with Gasteiger partial charge in [0.05, 0.1) is 18.1 Å². The lowest BCUT2D eigenvalue weighted by Gasteiger charge is -2.39. The molecule has 2 unspecified atom stereocenters. The van der Waals surface area contributed by atoms with Crippen molar-refractivity contribution in [2.45, 2.75) is 38.7 Å². The third-order valence-electron chi connectivity index (χ3n) is 3.87. The summed E-state index contributed by atoms with van der Waals surface area (Å²) in [6, 6.07) is 0. The minimum Gasteiger partial charge on any atom is -0.481 e. The molecule has 1 N–H and O–H groups in total. The molecule has 1 saturated heterocycles. The van der Waals surface area contributed by atoms with Crippen molar-refractivity contribution in [3.8, 4) is 0 Å². The minimum absolute atomic E-state index is 0.107. The highest BCUT2D eigenvalue weighted by Crippen LogP contribution is 2.33. The number of ether oxygens (including phenoxy) is 1. The normalized spacial score (nSPS) is 31.3. The molecule has 1 heterocycles. The Kier molecular flexibility index (Phi) is 3.61. The number of hydrogen-bond donors (Lipinski definition) is 1. The number of carboxylic acid groups (broad SMARTS) is 1. The highest BCUT2D eigenvalue weighted by atomic mass is 16.5. The number of rotatable bonds is 2. The number of nitrogens with zero attached hydrogens (tertiary/aromatic N) is 1. The highest BCUT2D eigenvalue weighted by molar-refractivity contribution is 5.81. The van der Waals surface area contributed by atoms with Crippen molar-refractivity contribution < 1.29 is 19.4 Å². The summed E-state index contributed by atoms with van der Waals surface area (Å²) in [6.07, 6.45) is 1.82. The second-order valence-corrected chi connectivity index (χ2v) is 5.91. The Morgan fingerprint density at radius 3 is 2.50 bits per heavy atom. The molecule has 1 amide bonds. The van der Waals surface area contributed by atoms with Crippen LogP contribution in [-0.2, 0) is 14.3 Å². The number of carboxylic acids is 1. The van der Waals surface area contributed by atoms with E-state index >= 15 is 0 Å². The van der Waals surface area contributed by atoms with E-state index in [-0.39, 0.29) is 23.3 Å². The van der Waals surface area contributed by atoms with Crippen LogP contribution in [0.3, 0.4) is 0 Å². The number of aliphatic carboxylic acids is 1. The summed E-state index contributed by atoms with van der Waals surface area (Å²) >= 11 is 0. The summed E-state index contributed by atoms with van der Waals surface area (Å²) in [5.41, 5.74) is -0.293. The molecule has 0 aromatic rings. The lowest BCUT2D eigenvalue weighted by Crippen LogP contribution is -2.51. The quantitative estimate of drug-likeness (QED) is 0.803. The first-order chi connectivity index (χ1) is 8.39. The molecule has 5 heteroatoms. The van der Waals surface area contributed by atoms with Gasteiger partial charge in [0, 0.05) is 19.0 Å². The molecule has 0 aromatic heterocycles. The molecule has 0 radical (unpaired) electrons. The van der Waals surface area contributed by atoms with Crippen LogP contribution < -0.4 is 0 Å². The van der Waals surface area contributed by atoms with Gasteiger partial charge in [0.2, 0.25) is 5.91 Å². The van der Waals surface area contributed by atoms with Gasteiger partial charge in [-0.05, 0) is 33.1 Å². The van der Waals surface area contributed by atoms with E-state index in [1.807, 2.05) is 18.7 Å². The van der Waals surface area contributed by atoms with Gasteiger partial charge >= 0.3 is 5.97 Å². The van der Waals surface area contributed by atoms with Gasteiger partial charge in [0.1, 0.15) is 0 Å². The van der Waals surface area contributed by atoms with Gasteiger partial charge in [0.15, 0.2) is 0 Å². The average molecular weight is 255 g/mol. The molecular formula is C13H21NO4. The van der Waals surface area contributed by atoms with E-state index < -0.39 is 5.97 Å². The van der Waals surface area contributed by atoms with Gasteiger partial charge < -0.3 is 14.7 Å². The monoisotopic (exact) mass is 255 g/mol. The minimum atomic E-state index is -0.771. The number of carbonyl (C=O) groups is 2. The zero-order chi connectivity index (χ0) is 13.3. The molecule has 0 bridgehead atoms. The first-order valence-electron chi connectivity index (χ1n) is 6.54. The molecule has 0 spiro atoms. The predicted octanol–water partition coefficient (Wildman–Crippen LogP) is 1.12. The van der Waals surface area contributed by atoms with Crippen LogP contribution >= 0.6 is 0 Å². The van der Waals surface area contributed by atoms with E-state index in [1.165, 1.54) is 0 Å². The van der Waals surface area contributed by atoms with Crippen LogP contribution in [0.2, 0.25) is 0 Å². The van der Waals surface area contributed by atoms with E-state index in [2.05, 4.69) is 0 Å². The van der Waals surface area contributed by atoms with Crippen molar-refractivity contribution in [2.24, 2.45) is 11.8 Å². The zero-order valence-corrected chi connectivity index (χ0v) is 11.0. The third-order valence-corrected chi connectivity index (χ3v) is 3.87. The zero-order valence-electron chi connectivity index (χ0n) is 11.0. The highest BCUT2D eigenvalue weighted by Gasteiger charge is 2.38. The van der Waals surface area contributed by atoms with Crippen LogP contribution in [0.1, 0.15) is 33.1 Å². The Balaban J connectivity index is 1.94. The molecular weight excluding hydrogens is 234 g/mol. The number of carbonyl (C=O) groups excluding carboxylic acids is 1. The van der Waals surface area contributed by atoms with Crippen LogP contribution in [0, 0.1) is 11.8 Å². The molecule has 102 valence electrons. The van der Waals surface area contributed by atoms with E-state index in [1.54, 1.807) is 0 Å². The first-order valence-corrected chi connectivity index (χ1v) is 6.54. The SMILES string of the molecule is CC1(C)CN(C(=O)C2CCC(C(=O)O)C2)CCO1. The van der Waals surface area contributed by atoms with E-state index in [0.717, 1.165) is 0 Å². The smallest absolute Gasteiger partial charge is 0.306 e. The molecule has 2 atom stereocenters. The maximum absolute atomic E-state index is 12.3. The van der Waals surface area contributed by atoms with Crippen LogP contribution in [-0.4, -0.2) is 47.2 Å². The molecule has 1 saturated carbocycles. The Morgan fingerprint density at radius 1 is 1.28 bits per heavy atom. The van der Waals surface area contributed by atoms with Crippen molar-refractivity contribution in [1.29, 1.82) is 0 Å². The molecule has 0 aromatic carbocycles. The summed E-state index contributed by atoms with van der Waals surface area (Å²) in [6.45, 7) is 5.73. The predicted molar refractivity (Wildman–Crippen MR) is 65.1 cm³/mol. The Morgan fingerprint density at radius 2 is 1.94 bits per heavy atom. The van der Waals surface area contributed by atoms with E-state index in [0.29, 0.717) is 39.0 Å². The first kappa shape index (κ1) is 13.3. The van der Waals surface area contributed by atoms with Gasteiger partial charge in [-0.2, -0.15) is 0 Å². The second-order valence-electron chi connectivity index (χ2n) is 5.91. The van der Waals surface area contributed by atoms with E-state index in [4.69, 9.17) is 9.84 Å². The maximum Gasteiger partial charge on any atom is 0.306 e. The van der Waals surface area contributed by atoms with Gasteiger partial charge in [-0.3, -0.25) is 9.59 Å². The topological polar surface area (TPSA) is 66.8 Å². The Labute approximate surface area is 107 Å². The molecule has 1 aliphatic carbocycles. The van der Waals surface area contributed by atoms with Gasteiger partial charge in [-0.15, -0.1) is 0 Å². The summed E-state index contributed by atoms with van der Waals surface area (Å²) in [5, 5.41) is 8.96. The summed E-state index contributed by atoms with van der Waals surface area (Å²) in [7, 11) is 0. The molecule has 2 rings (SSSR count). The molecule has 1 aliphatic heterocycles. The second kappa shape index (κ2) is 4.88. The summed E-state index contributed by atoms with van der Waals surface area (Å²) in [5.74, 6) is -1.12. The van der Waals surface area contributed by atoms with Gasteiger partial charge in [0.25, 0.3) is 0 Å². The number of hydrogen-bond acceptors (Lipinski definition) is 3. The lowest BCUT2D eigenvalue weighted by molar-refractivity contribution is -0.150. The maximum atomic E-state index is 12.3. The molecule has 2 fully saturated rings. The van der Waals surface area contributed by atoms with Gasteiger partial charge in [-0.25, -0.2) is 0 Å². The van der Waals surface area contributed by atoms with Crippen LogP contribution in [0.4, 0.5) is 0 Å². The van der Waals surface area contributed by atoms with Crippen molar-refractivity contribution in [1.82, 2.24) is 4.90 Å². The van der Waals surface area contributed by atoms with Crippen LogP contribution in [0.5, 0.6) is 0 Å². The molecule has 5 nitrogen and oxygen atoms in total. The summed E-state index contributed by atoms with van der Waals surface area (Å²) in [4.78, 5) is 25.1. The Hall–Kier alpha value is -1.10. The Bertz CT molecular complexity index is 353. The molecule has 18 heavy (non-hydrogen) atoms. The van der Waals surface area contributed by atoms with Crippen molar-refractivity contribution in [3.63, 3.8) is 0 Å². The van der Waals surface area contributed by atoms with Crippen molar-refractivity contribution in [2.75, 3.05) is 19.7 Å². The number of amides is 1. The van der Waals surface area contributed by atoms with Crippen molar-refractivity contribution >= 4 is 11.9 Å². The average Bonchev–Trinajstić information content (AvgIpc) is 2.76.